The summed E-state index contributed by atoms with van der Waals surface area (Å²) in [6, 6.07) is 42.5. The first-order chi connectivity index (χ1) is 21.0. The summed E-state index contributed by atoms with van der Waals surface area (Å²) in [7, 11) is 0. The van der Waals surface area contributed by atoms with E-state index < -0.39 is 0 Å². The zero-order valence-corrected chi connectivity index (χ0v) is 25.1. The first-order valence-corrected chi connectivity index (χ1v) is 15.2. The minimum atomic E-state index is -0.145. The molecule has 0 saturated heterocycles. The second-order valence-corrected chi connectivity index (χ2v) is 11.5. The Morgan fingerprint density at radius 3 is 2.19 bits per heavy atom. The molecule has 0 aliphatic heterocycles. The third-order valence-electron chi connectivity index (χ3n) is 6.99. The third-order valence-corrected chi connectivity index (χ3v) is 8.53. The number of amides is 1. The summed E-state index contributed by atoms with van der Waals surface area (Å²) in [6.45, 7) is 0. The molecule has 7 heteroatoms. The lowest BCUT2D eigenvalue weighted by Gasteiger charge is -2.23. The third kappa shape index (κ3) is 6.14. The largest absolute Gasteiger partial charge is 0.280 e. The number of carbonyl (C=O) groups is 1. The van der Waals surface area contributed by atoms with Gasteiger partial charge >= 0.3 is 0 Å². The van der Waals surface area contributed by atoms with Gasteiger partial charge in [-0.05, 0) is 59.3 Å². The number of carbonyl (C=O) groups excluding carboxylic acids is 1. The molecular formula is C36H23Cl2N3OS. The maximum Gasteiger partial charge on any atom is 0.241 e. The highest BCUT2D eigenvalue weighted by atomic mass is 35.5. The number of anilines is 2. The topological polar surface area (TPSA) is 57.0 Å². The van der Waals surface area contributed by atoms with E-state index in [1.54, 1.807) is 23.1 Å². The van der Waals surface area contributed by atoms with Crippen LogP contribution in [0, 0.1) is 11.3 Å². The number of pyridine rings is 1. The van der Waals surface area contributed by atoms with Crippen molar-refractivity contribution in [3.05, 3.63) is 143 Å². The zero-order chi connectivity index (χ0) is 29.8. The SMILES string of the molecule is N#Cc1c(-c2ccccc2Cl)cc(-c2ccc(Cl)cc2)nc1SCC(=O)N(c1ccccc1)c1ccc2ccccc2c1. The van der Waals surface area contributed by atoms with E-state index in [2.05, 4.69) is 6.07 Å². The van der Waals surface area contributed by atoms with Gasteiger partial charge in [-0.1, -0.05) is 114 Å². The van der Waals surface area contributed by atoms with Crippen LogP contribution < -0.4 is 4.90 Å². The lowest BCUT2D eigenvalue weighted by molar-refractivity contribution is -0.115. The van der Waals surface area contributed by atoms with E-state index in [-0.39, 0.29) is 11.7 Å². The molecule has 0 aliphatic carbocycles. The number of rotatable bonds is 7. The summed E-state index contributed by atoms with van der Waals surface area (Å²) in [5.41, 5.74) is 4.72. The van der Waals surface area contributed by atoms with Crippen LogP contribution in [-0.4, -0.2) is 16.6 Å². The van der Waals surface area contributed by atoms with Gasteiger partial charge in [0.1, 0.15) is 11.1 Å². The fraction of sp³-hybridized carbons (Fsp3) is 0.0278. The second-order valence-electron chi connectivity index (χ2n) is 9.72. The lowest BCUT2D eigenvalue weighted by Crippen LogP contribution is -2.27. The van der Waals surface area contributed by atoms with E-state index in [0.717, 1.165) is 27.7 Å². The van der Waals surface area contributed by atoms with Crippen molar-refractivity contribution >= 4 is 63.0 Å². The molecule has 0 spiro atoms. The monoisotopic (exact) mass is 615 g/mol. The van der Waals surface area contributed by atoms with Crippen molar-refractivity contribution in [2.45, 2.75) is 5.03 Å². The molecule has 6 aromatic rings. The molecule has 0 N–H and O–H groups in total. The van der Waals surface area contributed by atoms with Gasteiger partial charge < -0.3 is 0 Å². The van der Waals surface area contributed by atoms with Crippen LogP contribution in [0.15, 0.2) is 132 Å². The van der Waals surface area contributed by atoms with Gasteiger partial charge in [0, 0.05) is 38.1 Å². The molecule has 0 fully saturated rings. The molecule has 6 rings (SSSR count). The smallest absolute Gasteiger partial charge is 0.241 e. The number of nitrogens with zero attached hydrogens (tertiary/aromatic N) is 3. The van der Waals surface area contributed by atoms with Crippen molar-refractivity contribution in [2.24, 2.45) is 0 Å². The molecule has 0 radical (unpaired) electrons. The average Bonchev–Trinajstić information content (AvgIpc) is 3.04. The molecule has 0 bridgehead atoms. The van der Waals surface area contributed by atoms with Crippen LogP contribution in [0.3, 0.4) is 0 Å². The number of hydrogen-bond acceptors (Lipinski definition) is 4. The van der Waals surface area contributed by atoms with Gasteiger partial charge in [-0.2, -0.15) is 5.26 Å². The molecule has 0 unspecified atom stereocenters. The zero-order valence-electron chi connectivity index (χ0n) is 22.7. The van der Waals surface area contributed by atoms with E-state index in [0.29, 0.717) is 37.5 Å². The molecule has 5 aromatic carbocycles. The van der Waals surface area contributed by atoms with Crippen LogP contribution in [0.4, 0.5) is 11.4 Å². The number of fused-ring (bicyclic) bond motifs is 1. The Balaban J connectivity index is 1.41. The fourth-order valence-electron chi connectivity index (χ4n) is 4.92. The molecule has 4 nitrogen and oxygen atoms in total. The van der Waals surface area contributed by atoms with Gasteiger partial charge in [-0.25, -0.2) is 4.98 Å². The van der Waals surface area contributed by atoms with Gasteiger partial charge in [0.2, 0.25) is 5.91 Å². The summed E-state index contributed by atoms with van der Waals surface area (Å²) in [5.74, 6) is -0.0940. The predicted octanol–water partition coefficient (Wildman–Crippen LogP) is 10.2. The summed E-state index contributed by atoms with van der Waals surface area (Å²) in [6.07, 6.45) is 0. The highest BCUT2D eigenvalue weighted by Gasteiger charge is 2.22. The first-order valence-electron chi connectivity index (χ1n) is 13.5. The Morgan fingerprint density at radius 2 is 1.44 bits per heavy atom. The Morgan fingerprint density at radius 1 is 0.744 bits per heavy atom. The van der Waals surface area contributed by atoms with E-state index in [9.17, 15) is 10.1 Å². The van der Waals surface area contributed by atoms with E-state index in [4.69, 9.17) is 28.2 Å². The number of para-hydroxylation sites is 1. The van der Waals surface area contributed by atoms with E-state index in [1.165, 1.54) is 11.8 Å². The van der Waals surface area contributed by atoms with Crippen LogP contribution in [0.2, 0.25) is 10.0 Å². The normalized spacial score (nSPS) is 10.8. The fourth-order valence-corrected chi connectivity index (χ4v) is 6.13. The predicted molar refractivity (Wildman–Crippen MR) is 178 cm³/mol. The first kappa shape index (κ1) is 28.5. The molecule has 1 aromatic heterocycles. The summed E-state index contributed by atoms with van der Waals surface area (Å²) in [5, 5.41) is 14.0. The Kier molecular flexibility index (Phi) is 8.44. The second kappa shape index (κ2) is 12.7. The molecule has 43 heavy (non-hydrogen) atoms. The molecule has 0 saturated carbocycles. The Labute approximate surface area is 264 Å². The maximum atomic E-state index is 14.0. The Bertz CT molecular complexity index is 1990. The van der Waals surface area contributed by atoms with Crippen molar-refractivity contribution in [3.63, 3.8) is 0 Å². The summed E-state index contributed by atoms with van der Waals surface area (Å²) < 4.78 is 0. The molecule has 0 aliphatic rings. The van der Waals surface area contributed by atoms with Gasteiger partial charge in [0.05, 0.1) is 17.0 Å². The number of halogens is 2. The average molecular weight is 617 g/mol. The number of benzene rings is 5. The standard InChI is InChI=1S/C36H23Cl2N3OS/c37-27-17-14-25(15-18-27)34-21-31(30-12-6-7-13-33(30)38)32(22-39)36(40-34)43-23-35(42)41(28-10-2-1-3-11-28)29-19-16-24-8-4-5-9-26(24)20-29/h1-21H,23H2. The number of thioether (sulfide) groups is 1. The van der Waals surface area contributed by atoms with Crippen LogP contribution in [0.1, 0.15) is 5.56 Å². The van der Waals surface area contributed by atoms with Crippen molar-refractivity contribution in [3.8, 4) is 28.5 Å². The lowest BCUT2D eigenvalue weighted by atomic mass is 9.99. The quantitative estimate of drug-likeness (QED) is 0.168. The Hall–Kier alpha value is -4.60. The maximum absolute atomic E-state index is 14.0. The number of hydrogen-bond donors (Lipinski definition) is 0. The van der Waals surface area contributed by atoms with Crippen LogP contribution in [0.5, 0.6) is 0 Å². The summed E-state index contributed by atoms with van der Waals surface area (Å²) >= 11 is 14.0. The van der Waals surface area contributed by atoms with Crippen molar-refractivity contribution < 1.29 is 4.79 Å². The van der Waals surface area contributed by atoms with Crippen molar-refractivity contribution in [1.82, 2.24) is 4.98 Å². The van der Waals surface area contributed by atoms with Gasteiger partial charge in [0.25, 0.3) is 0 Å². The summed E-state index contributed by atoms with van der Waals surface area (Å²) in [4.78, 5) is 20.6. The minimum Gasteiger partial charge on any atom is -0.280 e. The highest BCUT2D eigenvalue weighted by molar-refractivity contribution is 8.00. The van der Waals surface area contributed by atoms with E-state index >= 15 is 0 Å². The van der Waals surface area contributed by atoms with Gasteiger partial charge in [-0.3, -0.25) is 9.69 Å². The van der Waals surface area contributed by atoms with E-state index in [1.807, 2.05) is 109 Å². The van der Waals surface area contributed by atoms with Crippen LogP contribution in [0.25, 0.3) is 33.2 Å². The van der Waals surface area contributed by atoms with Gasteiger partial charge in [-0.15, -0.1) is 0 Å². The van der Waals surface area contributed by atoms with Crippen molar-refractivity contribution in [2.75, 3.05) is 10.7 Å². The van der Waals surface area contributed by atoms with Gasteiger partial charge in [0.15, 0.2) is 0 Å². The molecular weight excluding hydrogens is 593 g/mol. The van der Waals surface area contributed by atoms with Crippen LogP contribution in [-0.2, 0) is 4.79 Å². The highest BCUT2D eigenvalue weighted by Crippen LogP contribution is 2.38. The molecule has 1 heterocycles. The van der Waals surface area contributed by atoms with Crippen molar-refractivity contribution in [1.29, 1.82) is 5.26 Å². The molecule has 0 atom stereocenters. The molecule has 1 amide bonds. The van der Waals surface area contributed by atoms with Crippen LogP contribution >= 0.6 is 35.0 Å². The number of nitriles is 1. The minimum absolute atomic E-state index is 0.0510. The molecule has 208 valence electrons. The number of aromatic nitrogens is 1.